The van der Waals surface area contributed by atoms with E-state index in [1.165, 1.54) is 50.7 Å². The lowest BCUT2D eigenvalue weighted by molar-refractivity contribution is 0.00212. The fourth-order valence-electron chi connectivity index (χ4n) is 6.97. The van der Waals surface area contributed by atoms with Crippen molar-refractivity contribution in [1.29, 1.82) is 0 Å². The summed E-state index contributed by atoms with van der Waals surface area (Å²) in [4.78, 5) is 5.82. The summed E-state index contributed by atoms with van der Waals surface area (Å²) in [6.07, 6.45) is 17.1. The molecule has 0 saturated heterocycles. The first-order chi connectivity index (χ1) is 35.6. The Morgan fingerprint density at radius 3 is 1.27 bits per heavy atom. The van der Waals surface area contributed by atoms with Gasteiger partial charge in [-0.05, 0) is 78.6 Å². The summed E-state index contributed by atoms with van der Waals surface area (Å²) >= 11 is 0. The van der Waals surface area contributed by atoms with Gasteiger partial charge in [-0.15, -0.1) is 13.2 Å². The Morgan fingerprint density at radius 1 is 0.521 bits per heavy atom. The summed E-state index contributed by atoms with van der Waals surface area (Å²) in [6, 6.07) is 13.8. The van der Waals surface area contributed by atoms with Crippen molar-refractivity contribution in [2.45, 2.75) is 148 Å². The van der Waals surface area contributed by atoms with Gasteiger partial charge in [0, 0.05) is 23.0 Å². The van der Waals surface area contributed by atoms with Crippen molar-refractivity contribution < 1.29 is 64.7 Å². The molecule has 0 fully saturated rings. The van der Waals surface area contributed by atoms with E-state index in [1.54, 1.807) is 14.2 Å². The molecule has 0 amide bonds. The lowest BCUT2D eigenvalue weighted by atomic mass is 10.1. The van der Waals surface area contributed by atoms with Gasteiger partial charge >= 0.3 is 15.6 Å². The predicted molar refractivity (Wildman–Crippen MR) is 283 cm³/mol. The number of methoxy groups -OCH3 is 2. The van der Waals surface area contributed by atoms with Gasteiger partial charge in [-0.3, -0.25) is 27.1 Å². The number of phosphoric acid groups is 2. The number of azide groups is 2. The summed E-state index contributed by atoms with van der Waals surface area (Å²) in [5.41, 5.74) is 20.6. The molecule has 6 atom stereocenters. The minimum absolute atomic E-state index is 0.0194. The summed E-state index contributed by atoms with van der Waals surface area (Å²) < 4.78 is 95.3. The van der Waals surface area contributed by atoms with Gasteiger partial charge in [-0.1, -0.05) is 125 Å². The van der Waals surface area contributed by atoms with Crippen LogP contribution in [0.25, 0.3) is 20.9 Å². The quantitative estimate of drug-likeness (QED) is 0.0149. The molecule has 0 saturated carbocycles. The van der Waals surface area contributed by atoms with Gasteiger partial charge in [0.05, 0.1) is 105 Å². The van der Waals surface area contributed by atoms with E-state index in [2.05, 4.69) is 47.1 Å². The number of hydrogen-bond acceptors (Lipinski definition) is 16. The highest BCUT2D eigenvalue weighted by Crippen LogP contribution is 2.51. The Labute approximate surface area is 434 Å². The highest BCUT2D eigenvalue weighted by atomic mass is 31.2. The first-order valence-electron chi connectivity index (χ1n) is 25.6. The van der Waals surface area contributed by atoms with Gasteiger partial charge in [0.1, 0.15) is 11.5 Å². The van der Waals surface area contributed by atoms with E-state index >= 15 is 0 Å². The van der Waals surface area contributed by atoms with E-state index in [4.69, 9.17) is 55.6 Å². The molecule has 0 spiro atoms. The van der Waals surface area contributed by atoms with E-state index in [-0.39, 0.29) is 71.5 Å². The summed E-state index contributed by atoms with van der Waals surface area (Å²) in [5, 5.41) is 7.54. The standard InChI is InChI=1S/C51H84N6O14P2/c1-7-11-13-15-17-20-50(64-38-44-22-26-48(60-5)27-23-44)30-36-62-40-46(54-56-52)42-70-72(58,66-32-9-3)68-34-19-35-69-73(59,67-33-10-4)71-43-47(55-57-53)41-63-37-31-51(21-18-16-14-12-8-2)65-39-45-24-28-49(61-6)29-25-45/h9-10,22-29,46-47,50-51H,3-4,7-8,11-21,30-43H2,1-2,5-6H3/t46?,47?,50-,51+,72?,73?. The molecule has 0 heterocycles. The van der Waals surface area contributed by atoms with Gasteiger partial charge in [-0.2, -0.15) is 0 Å². The zero-order chi connectivity index (χ0) is 53.1. The van der Waals surface area contributed by atoms with Crippen LogP contribution in [0.4, 0.5) is 0 Å². The molecule has 0 N–H and O–H groups in total. The number of phosphoric ester groups is 2. The smallest absolute Gasteiger partial charge is 0.475 e. The van der Waals surface area contributed by atoms with Gasteiger partial charge in [0.25, 0.3) is 0 Å². The van der Waals surface area contributed by atoms with Crippen LogP contribution in [0.2, 0.25) is 0 Å². The van der Waals surface area contributed by atoms with Crippen LogP contribution in [-0.2, 0) is 68.4 Å². The highest BCUT2D eigenvalue weighted by Gasteiger charge is 2.30. The van der Waals surface area contributed by atoms with E-state index in [0.717, 1.165) is 61.2 Å². The Bertz CT molecular complexity index is 1790. The fraction of sp³-hybridized carbons (Fsp3) is 0.686. The molecule has 22 heteroatoms. The van der Waals surface area contributed by atoms with Crippen LogP contribution in [0.3, 0.4) is 0 Å². The van der Waals surface area contributed by atoms with Crippen molar-refractivity contribution in [2.24, 2.45) is 10.2 Å². The van der Waals surface area contributed by atoms with Gasteiger partial charge in [0.15, 0.2) is 0 Å². The Kier molecular flexibility index (Phi) is 38.0. The molecule has 0 aliphatic carbocycles. The first kappa shape index (κ1) is 65.3. The Morgan fingerprint density at radius 2 is 0.918 bits per heavy atom. The first-order valence-corrected chi connectivity index (χ1v) is 28.5. The third-order valence-corrected chi connectivity index (χ3v) is 14.0. The summed E-state index contributed by atoms with van der Waals surface area (Å²) in [7, 11) is -5.20. The molecule has 0 aliphatic rings. The molecule has 2 aromatic rings. The second-order valence-electron chi connectivity index (χ2n) is 17.1. The van der Waals surface area contributed by atoms with Crippen LogP contribution in [0, 0.1) is 0 Å². The Balaban J connectivity index is 1.89. The predicted octanol–water partition coefficient (Wildman–Crippen LogP) is 14.1. The average Bonchev–Trinajstić information content (AvgIpc) is 3.41. The Hall–Kier alpha value is -3.80. The van der Waals surface area contributed by atoms with Crippen LogP contribution < -0.4 is 9.47 Å². The van der Waals surface area contributed by atoms with Gasteiger partial charge in [0.2, 0.25) is 0 Å². The number of benzene rings is 2. The van der Waals surface area contributed by atoms with E-state index in [1.807, 2.05) is 48.5 Å². The average molecular weight is 1070 g/mol. The SMILES string of the molecule is C=CCOP(=O)(OCCCOP(=O)(OCC=C)OCC(COCC[C@H](CCCCCCC)OCc1ccc(OC)cc1)N=[N+]=[N-])OCC(COCC[C@@H](CCCCCCC)OCc1ccc(OC)cc1)N=[N+]=[N-]. The molecule has 73 heavy (non-hydrogen) atoms. The van der Waals surface area contributed by atoms with Gasteiger partial charge in [-0.25, -0.2) is 9.13 Å². The van der Waals surface area contributed by atoms with Crippen LogP contribution in [-0.4, -0.2) is 105 Å². The van der Waals surface area contributed by atoms with E-state index in [0.29, 0.717) is 39.3 Å². The number of hydrogen-bond donors (Lipinski definition) is 0. The number of ether oxygens (including phenoxy) is 6. The number of unbranched alkanes of at least 4 members (excludes halogenated alkanes) is 8. The van der Waals surface area contributed by atoms with Crippen molar-refractivity contribution in [3.63, 3.8) is 0 Å². The summed E-state index contributed by atoms with van der Waals surface area (Å²) in [5.74, 6) is 1.55. The second-order valence-corrected chi connectivity index (χ2v) is 20.4. The van der Waals surface area contributed by atoms with Crippen molar-refractivity contribution in [3.05, 3.63) is 106 Å². The normalized spacial score (nSPS) is 14.6. The molecule has 4 unspecified atom stereocenters. The van der Waals surface area contributed by atoms with Crippen molar-refractivity contribution in [1.82, 2.24) is 0 Å². The van der Waals surface area contributed by atoms with Gasteiger partial charge < -0.3 is 28.4 Å². The summed E-state index contributed by atoms with van der Waals surface area (Å²) in [6.45, 7) is 11.6. The maximum absolute atomic E-state index is 13.6. The zero-order valence-corrected chi connectivity index (χ0v) is 45.7. The number of rotatable bonds is 50. The molecule has 2 aromatic carbocycles. The molecule has 0 aromatic heterocycles. The second kappa shape index (κ2) is 42.4. The van der Waals surface area contributed by atoms with Crippen LogP contribution in [0.15, 0.2) is 84.1 Å². The molecule has 0 radical (unpaired) electrons. The molecule has 0 bridgehead atoms. The van der Waals surface area contributed by atoms with E-state index < -0.39 is 27.7 Å². The largest absolute Gasteiger partial charge is 0.497 e. The maximum Gasteiger partial charge on any atom is 0.475 e. The highest BCUT2D eigenvalue weighted by molar-refractivity contribution is 7.48. The third kappa shape index (κ3) is 32.3. The molecular formula is C51H84N6O14P2. The van der Waals surface area contributed by atoms with E-state index in [9.17, 15) is 20.2 Å². The maximum atomic E-state index is 13.6. The topological polar surface area (TPSA) is 242 Å². The molecular weight excluding hydrogens is 983 g/mol. The van der Waals surface area contributed by atoms with Crippen LogP contribution in [0.1, 0.15) is 121 Å². The molecule has 0 aliphatic heterocycles. The lowest BCUT2D eigenvalue weighted by Gasteiger charge is -2.21. The van der Waals surface area contributed by atoms with Crippen molar-refractivity contribution >= 4 is 15.6 Å². The monoisotopic (exact) mass is 1070 g/mol. The van der Waals surface area contributed by atoms with Crippen LogP contribution in [0.5, 0.6) is 11.5 Å². The third-order valence-electron chi connectivity index (χ3n) is 11.1. The molecule has 412 valence electrons. The number of nitrogens with zero attached hydrogens (tertiary/aromatic N) is 6. The minimum atomic E-state index is -4.23. The van der Waals surface area contributed by atoms with Crippen LogP contribution >= 0.6 is 15.6 Å². The fourth-order valence-corrected chi connectivity index (χ4v) is 9.40. The van der Waals surface area contributed by atoms with Crippen molar-refractivity contribution in [3.8, 4) is 11.5 Å². The van der Waals surface area contributed by atoms with Crippen molar-refractivity contribution in [2.75, 3.05) is 80.3 Å². The lowest BCUT2D eigenvalue weighted by Crippen LogP contribution is -2.22. The molecule has 20 nitrogen and oxygen atoms in total. The minimum Gasteiger partial charge on any atom is -0.497 e. The zero-order valence-electron chi connectivity index (χ0n) is 43.9. The molecule has 2 rings (SSSR count).